The molecule has 0 unspecified atom stereocenters. The highest BCUT2D eigenvalue weighted by atomic mass is 35.5. The predicted molar refractivity (Wildman–Crippen MR) is 76.2 cm³/mol. The number of carbonyl (C=O) groups is 1. The van der Waals surface area contributed by atoms with Crippen molar-refractivity contribution in [2.24, 2.45) is 0 Å². The van der Waals surface area contributed by atoms with Gasteiger partial charge in [0.1, 0.15) is 11.3 Å². The number of nitrogens with zero attached hydrogens (tertiary/aromatic N) is 1. The summed E-state index contributed by atoms with van der Waals surface area (Å²) in [6.07, 6.45) is 0. The molecule has 1 aliphatic rings. The summed E-state index contributed by atoms with van der Waals surface area (Å²) in [7, 11) is 1.51. The molecule has 0 atom stereocenters. The Kier molecular flexibility index (Phi) is 2.95. The molecule has 0 saturated carbocycles. The van der Waals surface area contributed by atoms with Crippen molar-refractivity contribution < 1.29 is 14.3 Å². The molecule has 0 aliphatic carbocycles. The lowest BCUT2D eigenvalue weighted by atomic mass is 10.0. The summed E-state index contributed by atoms with van der Waals surface area (Å²) in [6, 6.07) is 11.4. The van der Waals surface area contributed by atoms with Crippen LogP contribution in [0.5, 0.6) is 5.75 Å². The van der Waals surface area contributed by atoms with E-state index in [1.54, 1.807) is 42.5 Å². The monoisotopic (exact) mass is 287 g/mol. The Balaban J connectivity index is 2.15. The first-order valence-corrected chi connectivity index (χ1v) is 6.32. The van der Waals surface area contributed by atoms with Gasteiger partial charge in [-0.05, 0) is 36.4 Å². The van der Waals surface area contributed by atoms with E-state index in [1.807, 2.05) is 0 Å². The second-order valence-corrected chi connectivity index (χ2v) is 4.80. The summed E-state index contributed by atoms with van der Waals surface area (Å²) in [4.78, 5) is 12.3. The Hall–Kier alpha value is -2.33. The molecule has 3 rings (SSSR count). The fourth-order valence-corrected chi connectivity index (χ4v) is 2.32. The third-order valence-corrected chi connectivity index (χ3v) is 3.46. The van der Waals surface area contributed by atoms with Crippen LogP contribution in [0, 0.1) is 5.21 Å². The van der Waals surface area contributed by atoms with Gasteiger partial charge in [-0.25, -0.2) is 0 Å². The van der Waals surface area contributed by atoms with Gasteiger partial charge >= 0.3 is 0 Å². The maximum atomic E-state index is 12.3. The molecule has 100 valence electrons. The van der Waals surface area contributed by atoms with Crippen molar-refractivity contribution in [2.75, 3.05) is 7.11 Å². The van der Waals surface area contributed by atoms with Crippen molar-refractivity contribution in [3.63, 3.8) is 0 Å². The number of benzene rings is 2. The van der Waals surface area contributed by atoms with Gasteiger partial charge in [0.2, 0.25) is 5.69 Å². The van der Waals surface area contributed by atoms with Gasteiger partial charge in [0.05, 0.1) is 18.7 Å². The third-order valence-electron chi connectivity index (χ3n) is 3.20. The van der Waals surface area contributed by atoms with Crippen molar-refractivity contribution in [1.29, 1.82) is 0 Å². The molecule has 4 nitrogen and oxygen atoms in total. The Morgan fingerprint density at radius 2 is 1.85 bits per heavy atom. The molecule has 20 heavy (non-hydrogen) atoms. The first kappa shape index (κ1) is 12.7. The number of methoxy groups -OCH3 is 1. The zero-order valence-corrected chi connectivity index (χ0v) is 11.3. The fourth-order valence-electron chi connectivity index (χ4n) is 2.19. The van der Waals surface area contributed by atoms with E-state index in [0.717, 1.165) is 0 Å². The van der Waals surface area contributed by atoms with Gasteiger partial charge in [0, 0.05) is 5.02 Å². The summed E-state index contributed by atoms with van der Waals surface area (Å²) in [5, 5.41) is 12.9. The molecule has 0 saturated heterocycles. The Labute approximate surface area is 120 Å². The summed E-state index contributed by atoms with van der Waals surface area (Å²) >= 11 is 5.82. The topological polar surface area (TPSA) is 52.4 Å². The molecule has 2 aromatic carbocycles. The number of fused-ring (bicyclic) bond motifs is 1. The number of hydrogen-bond acceptors (Lipinski definition) is 3. The molecular formula is C15H10ClNO3. The van der Waals surface area contributed by atoms with Crippen LogP contribution in [0.4, 0.5) is 5.69 Å². The van der Waals surface area contributed by atoms with Crippen LogP contribution in [-0.2, 0) is 0 Å². The van der Waals surface area contributed by atoms with Crippen LogP contribution >= 0.6 is 11.6 Å². The molecular weight excluding hydrogens is 278 g/mol. The van der Waals surface area contributed by atoms with Crippen LogP contribution in [-0.4, -0.2) is 23.3 Å². The number of ether oxygens (including phenoxy) is 1. The molecule has 0 fully saturated rings. The molecule has 5 heteroatoms. The van der Waals surface area contributed by atoms with Gasteiger partial charge in [-0.15, -0.1) is 0 Å². The predicted octanol–water partition coefficient (Wildman–Crippen LogP) is 3.18. The lowest BCUT2D eigenvalue weighted by molar-refractivity contribution is -0.355. The normalized spacial score (nSPS) is 13.6. The lowest BCUT2D eigenvalue weighted by Gasteiger charge is -2.03. The van der Waals surface area contributed by atoms with Gasteiger partial charge in [0.25, 0.3) is 11.5 Å². The highest BCUT2D eigenvalue weighted by molar-refractivity contribution is 6.52. The maximum absolute atomic E-state index is 12.3. The number of ketones is 1. The standard InChI is InChI=1S/C15H10ClNO3/c1-20-11-6-7-12-13(8-11)17(19)14(15(12)18)9-2-4-10(16)5-3-9/h2-8H,1H3. The van der Waals surface area contributed by atoms with Crippen molar-refractivity contribution in [2.45, 2.75) is 0 Å². The van der Waals surface area contributed by atoms with Gasteiger partial charge < -0.3 is 9.94 Å². The maximum Gasteiger partial charge on any atom is 0.272 e. The molecule has 1 heterocycles. The summed E-state index contributed by atoms with van der Waals surface area (Å²) < 4.78 is 5.72. The molecule has 0 N–H and O–H groups in total. The summed E-state index contributed by atoms with van der Waals surface area (Å²) in [6.45, 7) is 0. The Bertz CT molecular complexity index is 735. The van der Waals surface area contributed by atoms with E-state index in [-0.39, 0.29) is 11.5 Å². The number of hydrogen-bond donors (Lipinski definition) is 0. The van der Waals surface area contributed by atoms with E-state index >= 15 is 0 Å². The van der Waals surface area contributed by atoms with Crippen molar-refractivity contribution in [3.05, 3.63) is 63.8 Å². The highest BCUT2D eigenvalue weighted by Crippen LogP contribution is 2.31. The molecule has 0 spiro atoms. The van der Waals surface area contributed by atoms with Crippen LogP contribution in [0.15, 0.2) is 42.5 Å². The number of halogens is 1. The quantitative estimate of drug-likeness (QED) is 0.630. The van der Waals surface area contributed by atoms with Gasteiger partial charge in [-0.3, -0.25) is 4.79 Å². The van der Waals surface area contributed by atoms with Crippen LogP contribution in [0.3, 0.4) is 0 Å². The van der Waals surface area contributed by atoms with E-state index in [1.165, 1.54) is 7.11 Å². The number of rotatable bonds is 2. The largest absolute Gasteiger partial charge is 0.618 e. The fraction of sp³-hybridized carbons (Fsp3) is 0.0667. The first-order valence-electron chi connectivity index (χ1n) is 5.94. The summed E-state index contributed by atoms with van der Waals surface area (Å²) in [5.41, 5.74) is 1.33. The minimum atomic E-state index is -0.292. The average molecular weight is 288 g/mol. The van der Waals surface area contributed by atoms with Crippen molar-refractivity contribution in [3.8, 4) is 5.75 Å². The van der Waals surface area contributed by atoms with E-state index < -0.39 is 0 Å². The minimum Gasteiger partial charge on any atom is -0.618 e. The summed E-state index contributed by atoms with van der Waals surface area (Å²) in [5.74, 6) is 0.245. The third kappa shape index (κ3) is 1.85. The van der Waals surface area contributed by atoms with E-state index in [2.05, 4.69) is 0 Å². The second-order valence-electron chi connectivity index (χ2n) is 4.36. The van der Waals surface area contributed by atoms with Gasteiger partial charge in [0.15, 0.2) is 0 Å². The SMILES string of the molecule is COc1ccc2c(c1)[N+]([O-])=C(c1ccc(Cl)cc1)C2=O. The molecule has 0 radical (unpaired) electrons. The first-order chi connectivity index (χ1) is 9.61. The molecule has 2 aromatic rings. The number of carbonyl (C=O) groups excluding carboxylic acids is 1. The van der Waals surface area contributed by atoms with Crippen molar-refractivity contribution >= 4 is 28.8 Å². The molecule has 0 bridgehead atoms. The zero-order chi connectivity index (χ0) is 14.3. The van der Waals surface area contributed by atoms with E-state index in [9.17, 15) is 10.0 Å². The smallest absolute Gasteiger partial charge is 0.272 e. The lowest BCUT2D eigenvalue weighted by Crippen LogP contribution is -2.16. The van der Waals surface area contributed by atoms with Gasteiger partial charge in [-0.1, -0.05) is 11.6 Å². The Morgan fingerprint density at radius 3 is 2.50 bits per heavy atom. The molecule has 0 aromatic heterocycles. The second kappa shape index (κ2) is 4.65. The average Bonchev–Trinajstić information content (AvgIpc) is 2.72. The minimum absolute atomic E-state index is 0.102. The van der Waals surface area contributed by atoms with Gasteiger partial charge in [-0.2, -0.15) is 4.74 Å². The highest BCUT2D eigenvalue weighted by Gasteiger charge is 2.36. The number of Topliss-reactive ketones (excluding diaryl/α,β-unsaturated/α-hetero) is 1. The Morgan fingerprint density at radius 1 is 1.15 bits per heavy atom. The van der Waals surface area contributed by atoms with E-state index in [4.69, 9.17) is 16.3 Å². The van der Waals surface area contributed by atoms with Crippen LogP contribution in [0.2, 0.25) is 5.02 Å². The molecule has 1 aliphatic heterocycles. The zero-order valence-electron chi connectivity index (χ0n) is 10.6. The van der Waals surface area contributed by atoms with Crippen LogP contribution in [0.25, 0.3) is 0 Å². The van der Waals surface area contributed by atoms with Crippen LogP contribution < -0.4 is 4.74 Å². The van der Waals surface area contributed by atoms with Crippen molar-refractivity contribution in [1.82, 2.24) is 0 Å². The van der Waals surface area contributed by atoms with Crippen LogP contribution in [0.1, 0.15) is 15.9 Å². The molecule has 0 amide bonds. The van der Waals surface area contributed by atoms with E-state index in [0.29, 0.717) is 32.3 Å².